The highest BCUT2D eigenvalue weighted by molar-refractivity contribution is 6.13. The van der Waals surface area contributed by atoms with Crippen LogP contribution in [0.25, 0.3) is 49.6 Å². The SMILES string of the molecule is c1ccc2c(c1)Cc1ccc3c(nc4c5ccncc5c5cccnc5n34)c1-2. The van der Waals surface area contributed by atoms with Gasteiger partial charge >= 0.3 is 0 Å². The molecule has 0 spiro atoms. The molecule has 4 heterocycles. The van der Waals surface area contributed by atoms with E-state index in [4.69, 9.17) is 9.97 Å². The third-order valence-electron chi connectivity index (χ3n) is 5.93. The van der Waals surface area contributed by atoms with Crippen LogP contribution in [0.3, 0.4) is 0 Å². The van der Waals surface area contributed by atoms with Crippen molar-refractivity contribution in [3.63, 3.8) is 0 Å². The molecule has 1 aliphatic carbocycles. The van der Waals surface area contributed by atoms with Crippen LogP contribution in [0.2, 0.25) is 0 Å². The van der Waals surface area contributed by atoms with Gasteiger partial charge in [-0.3, -0.25) is 9.38 Å². The van der Waals surface area contributed by atoms with Crippen LogP contribution in [0.4, 0.5) is 0 Å². The minimum absolute atomic E-state index is 0.923. The first-order valence-corrected chi connectivity index (χ1v) is 9.43. The van der Waals surface area contributed by atoms with Crippen LogP contribution in [0, 0.1) is 0 Å². The van der Waals surface area contributed by atoms with Gasteiger partial charge < -0.3 is 0 Å². The fraction of sp³-hybridized carbons (Fsp3) is 0.0417. The molecule has 2 aromatic carbocycles. The first-order chi connectivity index (χ1) is 13.9. The van der Waals surface area contributed by atoms with Crippen LogP contribution in [0.15, 0.2) is 73.2 Å². The van der Waals surface area contributed by atoms with Gasteiger partial charge in [0, 0.05) is 40.3 Å². The highest BCUT2D eigenvalue weighted by atomic mass is 15.1. The lowest BCUT2D eigenvalue weighted by atomic mass is 10.0. The molecule has 1 aliphatic rings. The number of fused-ring (bicyclic) bond motifs is 12. The number of hydrogen-bond acceptors (Lipinski definition) is 3. The predicted octanol–water partition coefficient (Wildman–Crippen LogP) is 5.16. The van der Waals surface area contributed by atoms with Gasteiger partial charge in [0.2, 0.25) is 0 Å². The Morgan fingerprint density at radius 1 is 0.750 bits per heavy atom. The minimum Gasteiger partial charge on any atom is -0.276 e. The number of benzene rings is 2. The first kappa shape index (κ1) is 14.3. The molecular formula is C24H14N4. The molecule has 0 N–H and O–H groups in total. The predicted molar refractivity (Wildman–Crippen MR) is 112 cm³/mol. The van der Waals surface area contributed by atoms with Crippen molar-refractivity contribution in [3.8, 4) is 11.1 Å². The summed E-state index contributed by atoms with van der Waals surface area (Å²) in [7, 11) is 0. The molecule has 0 aliphatic heterocycles. The maximum atomic E-state index is 5.16. The highest BCUT2D eigenvalue weighted by Gasteiger charge is 2.24. The Morgan fingerprint density at radius 2 is 1.68 bits per heavy atom. The molecule has 0 bridgehead atoms. The average Bonchev–Trinajstić information content (AvgIpc) is 3.32. The Labute approximate surface area is 160 Å². The molecule has 28 heavy (non-hydrogen) atoms. The molecule has 0 unspecified atom stereocenters. The monoisotopic (exact) mass is 358 g/mol. The van der Waals surface area contributed by atoms with Gasteiger partial charge in [-0.2, -0.15) is 0 Å². The van der Waals surface area contributed by atoms with Crippen molar-refractivity contribution in [1.29, 1.82) is 0 Å². The van der Waals surface area contributed by atoms with Gasteiger partial charge in [0.1, 0.15) is 11.3 Å². The van der Waals surface area contributed by atoms with Crippen LogP contribution >= 0.6 is 0 Å². The van der Waals surface area contributed by atoms with E-state index >= 15 is 0 Å². The van der Waals surface area contributed by atoms with Crippen LogP contribution < -0.4 is 0 Å². The molecule has 0 amide bonds. The van der Waals surface area contributed by atoms with Crippen LogP contribution in [-0.2, 0) is 6.42 Å². The molecule has 4 aromatic heterocycles. The zero-order valence-electron chi connectivity index (χ0n) is 14.9. The van der Waals surface area contributed by atoms with Gasteiger partial charge in [-0.25, -0.2) is 9.97 Å². The van der Waals surface area contributed by atoms with Crippen molar-refractivity contribution in [2.45, 2.75) is 6.42 Å². The van der Waals surface area contributed by atoms with E-state index in [9.17, 15) is 0 Å². The highest BCUT2D eigenvalue weighted by Crippen LogP contribution is 2.42. The Kier molecular flexibility index (Phi) is 2.51. The molecule has 4 nitrogen and oxygen atoms in total. The van der Waals surface area contributed by atoms with Crippen molar-refractivity contribution in [3.05, 3.63) is 84.3 Å². The molecule has 7 rings (SSSR count). The fourth-order valence-corrected chi connectivity index (χ4v) is 4.74. The topological polar surface area (TPSA) is 43.1 Å². The Balaban J connectivity index is 1.77. The van der Waals surface area contributed by atoms with Gasteiger partial charge in [0.05, 0.1) is 11.0 Å². The van der Waals surface area contributed by atoms with Gasteiger partial charge in [-0.15, -0.1) is 0 Å². The van der Waals surface area contributed by atoms with Crippen molar-refractivity contribution < 1.29 is 0 Å². The quantitative estimate of drug-likeness (QED) is 0.352. The van der Waals surface area contributed by atoms with E-state index in [2.05, 4.69) is 57.9 Å². The summed E-state index contributed by atoms with van der Waals surface area (Å²) in [5.74, 6) is 0. The summed E-state index contributed by atoms with van der Waals surface area (Å²) in [5.41, 5.74) is 9.31. The lowest BCUT2D eigenvalue weighted by Crippen LogP contribution is -1.94. The van der Waals surface area contributed by atoms with Gasteiger partial charge in [0.15, 0.2) is 0 Å². The number of pyridine rings is 3. The zero-order chi connectivity index (χ0) is 18.2. The maximum Gasteiger partial charge on any atom is 0.147 e. The van der Waals surface area contributed by atoms with Crippen LogP contribution in [0.5, 0.6) is 0 Å². The first-order valence-electron chi connectivity index (χ1n) is 9.43. The summed E-state index contributed by atoms with van der Waals surface area (Å²) in [6.07, 6.45) is 6.57. The second-order valence-electron chi connectivity index (χ2n) is 7.37. The molecule has 0 saturated carbocycles. The number of aromatic nitrogens is 4. The number of imidazole rings is 1. The number of nitrogens with zero attached hydrogens (tertiary/aromatic N) is 4. The number of rotatable bonds is 0. The summed E-state index contributed by atoms with van der Waals surface area (Å²) >= 11 is 0. The van der Waals surface area contributed by atoms with E-state index in [0.29, 0.717) is 0 Å². The second-order valence-corrected chi connectivity index (χ2v) is 7.37. The maximum absolute atomic E-state index is 5.16. The van der Waals surface area contributed by atoms with Crippen LogP contribution in [0.1, 0.15) is 11.1 Å². The summed E-state index contributed by atoms with van der Waals surface area (Å²) in [6, 6.07) is 19.2. The second kappa shape index (κ2) is 4.93. The molecular weight excluding hydrogens is 344 g/mol. The van der Waals surface area contributed by atoms with E-state index in [-0.39, 0.29) is 0 Å². The van der Waals surface area contributed by atoms with E-state index in [1.807, 2.05) is 24.7 Å². The smallest absolute Gasteiger partial charge is 0.147 e. The van der Waals surface area contributed by atoms with Gasteiger partial charge in [-0.05, 0) is 47.4 Å². The molecule has 130 valence electrons. The standard InChI is InChI=1S/C24H14N4/c1-2-5-16-14(4-1)12-15-7-8-20-22(21(15)16)27-24-18-9-11-25-13-19(18)17-6-3-10-26-23(17)28(20)24/h1-11,13H,12H2. The Hall–Kier alpha value is -3.79. The zero-order valence-corrected chi connectivity index (χ0v) is 14.9. The lowest BCUT2D eigenvalue weighted by Gasteiger charge is -2.07. The molecule has 4 heteroatoms. The largest absolute Gasteiger partial charge is 0.276 e. The van der Waals surface area contributed by atoms with Crippen molar-refractivity contribution in [1.82, 2.24) is 19.4 Å². The molecule has 6 aromatic rings. The van der Waals surface area contributed by atoms with Gasteiger partial charge in [0.25, 0.3) is 0 Å². The third-order valence-corrected chi connectivity index (χ3v) is 5.93. The van der Waals surface area contributed by atoms with E-state index < -0.39 is 0 Å². The average molecular weight is 358 g/mol. The Bertz CT molecular complexity index is 1590. The summed E-state index contributed by atoms with van der Waals surface area (Å²) in [4.78, 5) is 14.2. The van der Waals surface area contributed by atoms with Crippen molar-refractivity contribution in [2.75, 3.05) is 0 Å². The van der Waals surface area contributed by atoms with Crippen molar-refractivity contribution >= 4 is 38.5 Å². The summed E-state index contributed by atoms with van der Waals surface area (Å²) in [6.45, 7) is 0. The molecule has 0 fully saturated rings. The summed E-state index contributed by atoms with van der Waals surface area (Å²) < 4.78 is 2.20. The Morgan fingerprint density at radius 3 is 2.68 bits per heavy atom. The normalized spacial score (nSPS) is 12.9. The molecule has 0 atom stereocenters. The van der Waals surface area contributed by atoms with E-state index in [0.717, 1.165) is 44.9 Å². The van der Waals surface area contributed by atoms with Crippen molar-refractivity contribution in [2.24, 2.45) is 0 Å². The van der Waals surface area contributed by atoms with E-state index in [1.54, 1.807) is 0 Å². The summed E-state index contributed by atoms with van der Waals surface area (Å²) in [5, 5.41) is 3.29. The molecule has 0 saturated heterocycles. The number of hydrogen-bond donors (Lipinski definition) is 0. The van der Waals surface area contributed by atoms with Crippen LogP contribution in [-0.4, -0.2) is 19.4 Å². The fourth-order valence-electron chi connectivity index (χ4n) is 4.74. The lowest BCUT2D eigenvalue weighted by molar-refractivity contribution is 1.23. The third kappa shape index (κ3) is 1.63. The minimum atomic E-state index is 0.923. The van der Waals surface area contributed by atoms with E-state index in [1.165, 1.54) is 22.3 Å². The van der Waals surface area contributed by atoms with Gasteiger partial charge in [-0.1, -0.05) is 30.3 Å². The molecule has 0 radical (unpaired) electrons.